The molecule has 3 rings (SSSR count). The fraction of sp³-hybridized carbons (Fsp3) is 0.533. The molecule has 114 valence electrons. The Morgan fingerprint density at radius 3 is 2.38 bits per heavy atom. The van der Waals surface area contributed by atoms with E-state index in [2.05, 4.69) is 18.7 Å². The van der Waals surface area contributed by atoms with Gasteiger partial charge in [-0.2, -0.15) is 0 Å². The standard InChI is InChI=1S/C15H21N3O3/c1-10(2)17-3-5-18(6-4-17)15(19)11-7-13-14(8-12(11)16)21-9-20-13/h7-8,10H,3-6,9,16H2,1-2H3. The molecular formula is C15H21N3O3. The van der Waals surface area contributed by atoms with Gasteiger partial charge in [0.25, 0.3) is 5.91 Å². The third kappa shape index (κ3) is 2.63. The van der Waals surface area contributed by atoms with Crippen LogP contribution in [0.3, 0.4) is 0 Å². The van der Waals surface area contributed by atoms with Crippen molar-refractivity contribution in [1.82, 2.24) is 9.80 Å². The molecule has 1 fully saturated rings. The first-order valence-electron chi connectivity index (χ1n) is 7.28. The van der Waals surface area contributed by atoms with Crippen molar-refractivity contribution in [1.29, 1.82) is 0 Å². The van der Waals surface area contributed by atoms with Crippen LogP contribution in [0.1, 0.15) is 24.2 Å². The summed E-state index contributed by atoms with van der Waals surface area (Å²) in [5.74, 6) is 1.16. The lowest BCUT2D eigenvalue weighted by Gasteiger charge is -2.37. The number of nitrogens with two attached hydrogens (primary N) is 1. The van der Waals surface area contributed by atoms with Gasteiger partial charge in [0, 0.05) is 44.0 Å². The third-order valence-corrected chi connectivity index (χ3v) is 4.11. The summed E-state index contributed by atoms with van der Waals surface area (Å²) < 4.78 is 10.6. The lowest BCUT2D eigenvalue weighted by Crippen LogP contribution is -2.50. The van der Waals surface area contributed by atoms with Crippen LogP contribution in [-0.2, 0) is 0 Å². The second-order valence-electron chi connectivity index (χ2n) is 5.71. The van der Waals surface area contributed by atoms with Gasteiger partial charge in [0.1, 0.15) is 0 Å². The van der Waals surface area contributed by atoms with Crippen LogP contribution in [0, 0.1) is 0 Å². The van der Waals surface area contributed by atoms with Gasteiger partial charge < -0.3 is 20.1 Å². The number of ether oxygens (including phenoxy) is 2. The summed E-state index contributed by atoms with van der Waals surface area (Å²) in [6.07, 6.45) is 0. The monoisotopic (exact) mass is 291 g/mol. The number of hydrogen-bond donors (Lipinski definition) is 1. The molecule has 0 spiro atoms. The van der Waals surface area contributed by atoms with Crippen molar-refractivity contribution in [3.8, 4) is 11.5 Å². The molecule has 21 heavy (non-hydrogen) atoms. The van der Waals surface area contributed by atoms with Crippen LogP contribution in [0.4, 0.5) is 5.69 Å². The number of fused-ring (bicyclic) bond motifs is 1. The Balaban J connectivity index is 1.74. The van der Waals surface area contributed by atoms with Crippen molar-refractivity contribution in [2.45, 2.75) is 19.9 Å². The minimum atomic E-state index is -0.0331. The largest absolute Gasteiger partial charge is 0.454 e. The van der Waals surface area contributed by atoms with E-state index in [4.69, 9.17) is 15.2 Å². The van der Waals surface area contributed by atoms with Crippen molar-refractivity contribution in [2.24, 2.45) is 0 Å². The molecule has 1 aromatic carbocycles. The fourth-order valence-electron chi connectivity index (χ4n) is 2.75. The van der Waals surface area contributed by atoms with Crippen molar-refractivity contribution < 1.29 is 14.3 Å². The molecule has 0 unspecified atom stereocenters. The molecule has 1 saturated heterocycles. The number of nitrogens with zero attached hydrogens (tertiary/aromatic N) is 2. The number of anilines is 1. The normalized spacial score (nSPS) is 18.3. The van der Waals surface area contributed by atoms with Gasteiger partial charge in [0.2, 0.25) is 6.79 Å². The Hall–Kier alpha value is -1.95. The molecule has 2 N–H and O–H groups in total. The summed E-state index contributed by atoms with van der Waals surface area (Å²) in [7, 11) is 0. The second kappa shape index (κ2) is 5.44. The first-order chi connectivity index (χ1) is 10.1. The van der Waals surface area contributed by atoms with Gasteiger partial charge in [-0.1, -0.05) is 0 Å². The minimum absolute atomic E-state index is 0.0331. The average Bonchev–Trinajstić information content (AvgIpc) is 2.93. The van der Waals surface area contributed by atoms with E-state index in [9.17, 15) is 4.79 Å². The van der Waals surface area contributed by atoms with E-state index >= 15 is 0 Å². The van der Waals surface area contributed by atoms with Gasteiger partial charge in [-0.25, -0.2) is 0 Å². The molecule has 0 bridgehead atoms. The highest BCUT2D eigenvalue weighted by Crippen LogP contribution is 2.36. The number of benzene rings is 1. The van der Waals surface area contributed by atoms with Gasteiger partial charge in [0.15, 0.2) is 11.5 Å². The van der Waals surface area contributed by atoms with E-state index in [0.29, 0.717) is 28.8 Å². The molecule has 1 aromatic rings. The molecule has 2 aliphatic rings. The molecule has 0 atom stereocenters. The maximum Gasteiger partial charge on any atom is 0.256 e. The van der Waals surface area contributed by atoms with Crippen LogP contribution in [0.2, 0.25) is 0 Å². The first-order valence-corrected chi connectivity index (χ1v) is 7.28. The summed E-state index contributed by atoms with van der Waals surface area (Å²) in [5.41, 5.74) is 6.92. The molecule has 2 heterocycles. The summed E-state index contributed by atoms with van der Waals surface area (Å²) in [4.78, 5) is 16.8. The Morgan fingerprint density at radius 2 is 1.76 bits per heavy atom. The SMILES string of the molecule is CC(C)N1CCN(C(=O)c2cc3c(cc2N)OCO3)CC1. The van der Waals surface area contributed by atoms with E-state index in [1.807, 2.05) is 4.90 Å². The third-order valence-electron chi connectivity index (χ3n) is 4.11. The number of amides is 1. The quantitative estimate of drug-likeness (QED) is 0.828. The van der Waals surface area contributed by atoms with E-state index in [1.165, 1.54) is 0 Å². The second-order valence-corrected chi connectivity index (χ2v) is 5.71. The van der Waals surface area contributed by atoms with E-state index in [1.54, 1.807) is 12.1 Å². The number of carbonyl (C=O) groups is 1. The van der Waals surface area contributed by atoms with Crippen molar-refractivity contribution in [2.75, 3.05) is 38.7 Å². The maximum atomic E-state index is 12.6. The van der Waals surface area contributed by atoms with Gasteiger partial charge >= 0.3 is 0 Å². The van der Waals surface area contributed by atoms with Gasteiger partial charge in [0.05, 0.1) is 5.56 Å². The van der Waals surface area contributed by atoms with Gasteiger partial charge in [-0.15, -0.1) is 0 Å². The Kier molecular flexibility index (Phi) is 3.63. The molecule has 1 amide bonds. The van der Waals surface area contributed by atoms with Crippen LogP contribution >= 0.6 is 0 Å². The van der Waals surface area contributed by atoms with Crippen LogP contribution in [0.25, 0.3) is 0 Å². The van der Waals surface area contributed by atoms with Crippen LogP contribution in [-0.4, -0.2) is 54.7 Å². The molecule has 0 aromatic heterocycles. The van der Waals surface area contributed by atoms with E-state index in [0.717, 1.165) is 26.2 Å². The predicted molar refractivity (Wildman–Crippen MR) is 79.6 cm³/mol. The summed E-state index contributed by atoms with van der Waals surface area (Å²) in [6.45, 7) is 7.78. The first kappa shape index (κ1) is 14.0. The fourth-order valence-corrected chi connectivity index (χ4v) is 2.75. The number of hydrogen-bond acceptors (Lipinski definition) is 5. The molecule has 0 radical (unpaired) electrons. The highest BCUT2D eigenvalue weighted by atomic mass is 16.7. The van der Waals surface area contributed by atoms with Crippen molar-refractivity contribution in [3.05, 3.63) is 17.7 Å². The van der Waals surface area contributed by atoms with Gasteiger partial charge in [-0.3, -0.25) is 9.69 Å². The van der Waals surface area contributed by atoms with E-state index < -0.39 is 0 Å². The summed E-state index contributed by atoms with van der Waals surface area (Å²) in [6, 6.07) is 3.87. The van der Waals surface area contributed by atoms with Crippen LogP contribution in [0.15, 0.2) is 12.1 Å². The highest BCUT2D eigenvalue weighted by molar-refractivity contribution is 6.00. The maximum absolute atomic E-state index is 12.6. The van der Waals surface area contributed by atoms with E-state index in [-0.39, 0.29) is 12.7 Å². The topological polar surface area (TPSA) is 68.0 Å². The number of rotatable bonds is 2. The molecule has 2 aliphatic heterocycles. The molecule has 0 aliphatic carbocycles. The lowest BCUT2D eigenvalue weighted by molar-refractivity contribution is 0.0596. The zero-order valence-electron chi connectivity index (χ0n) is 12.5. The van der Waals surface area contributed by atoms with Crippen LogP contribution in [0.5, 0.6) is 11.5 Å². The smallest absolute Gasteiger partial charge is 0.256 e. The highest BCUT2D eigenvalue weighted by Gasteiger charge is 2.26. The van der Waals surface area contributed by atoms with Crippen LogP contribution < -0.4 is 15.2 Å². The number of nitrogen functional groups attached to an aromatic ring is 1. The molecule has 6 nitrogen and oxygen atoms in total. The summed E-state index contributed by atoms with van der Waals surface area (Å²) in [5, 5.41) is 0. The Bertz CT molecular complexity index is 551. The molecule has 6 heteroatoms. The number of piperazine rings is 1. The average molecular weight is 291 g/mol. The van der Waals surface area contributed by atoms with Gasteiger partial charge in [-0.05, 0) is 19.9 Å². The zero-order valence-corrected chi connectivity index (χ0v) is 12.5. The Labute approximate surface area is 124 Å². The molecule has 0 saturated carbocycles. The predicted octanol–water partition coefficient (Wildman–Crippen LogP) is 1.16. The molecular weight excluding hydrogens is 270 g/mol. The van der Waals surface area contributed by atoms with Crippen molar-refractivity contribution >= 4 is 11.6 Å². The summed E-state index contributed by atoms with van der Waals surface area (Å²) >= 11 is 0. The minimum Gasteiger partial charge on any atom is -0.454 e. The Morgan fingerprint density at radius 1 is 1.14 bits per heavy atom. The van der Waals surface area contributed by atoms with Crippen molar-refractivity contribution in [3.63, 3.8) is 0 Å². The zero-order chi connectivity index (χ0) is 15.0. The lowest BCUT2D eigenvalue weighted by atomic mass is 10.1. The number of carbonyl (C=O) groups excluding carboxylic acids is 1.